The van der Waals surface area contributed by atoms with Crippen molar-refractivity contribution in [1.82, 2.24) is 0 Å². The molecule has 0 aromatic carbocycles. The quantitative estimate of drug-likeness (QED) is 0.0146. The maximum Gasteiger partial charge on any atom is 0.472 e. The van der Waals surface area contributed by atoms with Gasteiger partial charge in [0.1, 0.15) is 25.4 Å². The molecule has 0 spiro atoms. The molecule has 0 saturated heterocycles. The molecule has 5 atom stereocenters. The van der Waals surface area contributed by atoms with E-state index in [1.165, 1.54) is 180 Å². The number of hydrogen-bond acceptors (Lipinski definition) is 14. The smallest absolute Gasteiger partial charge is 0.463 e. The summed E-state index contributed by atoms with van der Waals surface area (Å²) in [6, 6.07) is 0. The van der Waals surface area contributed by atoms with E-state index in [0.717, 1.165) is 141 Å². The maximum absolute atomic E-state index is 13.0. The minimum atomic E-state index is -4.95. The predicted molar refractivity (Wildman–Crippen MR) is 473 cm³/mol. The Morgan fingerprint density at radius 2 is 0.469 bits per heavy atom. The Labute approximate surface area is 689 Å². The Kier molecular flexibility index (Phi) is 83.3. The number of carbonyl (C=O) groups excluding carboxylic acids is 3. The number of ether oxygens (including phenoxy) is 3. The van der Waals surface area contributed by atoms with Crippen molar-refractivity contribution in [2.24, 2.45) is 0 Å². The molecule has 0 rings (SSSR count). The van der Waals surface area contributed by atoms with Gasteiger partial charge in [0, 0.05) is 19.3 Å². The summed E-state index contributed by atoms with van der Waals surface area (Å²) in [5.74, 6) is -1.60. The lowest BCUT2D eigenvalue weighted by atomic mass is 10.0. The summed E-state index contributed by atoms with van der Waals surface area (Å²) in [5, 5.41) is 20.7. The average Bonchev–Trinajstić information content (AvgIpc) is 0.901. The first kappa shape index (κ1) is 108. The Morgan fingerprint density at radius 1 is 0.257 bits per heavy atom. The monoisotopic (exact) mass is 1620 g/mol. The molecule has 0 aromatic rings. The number of unbranched alkanes of at least 4 members (excludes halogenated alkanes) is 38. The molecule has 0 saturated carbocycles. The van der Waals surface area contributed by atoms with Crippen LogP contribution in [-0.4, -0.2) is 95.9 Å². The van der Waals surface area contributed by atoms with Crippen LogP contribution < -0.4 is 0 Å². The first-order valence-electron chi connectivity index (χ1n) is 45.1. The van der Waals surface area contributed by atoms with Crippen LogP contribution in [0.5, 0.6) is 0 Å². The summed E-state index contributed by atoms with van der Waals surface area (Å²) in [6.45, 7) is 2.52. The minimum absolute atomic E-state index is 0.0739. The van der Waals surface area contributed by atoms with Crippen LogP contribution >= 0.6 is 15.6 Å². The molecular formula is C95H164O16P2. The first-order valence-corrected chi connectivity index (χ1v) is 48.1. The lowest BCUT2D eigenvalue weighted by molar-refractivity contribution is -0.161. The number of allylic oxidation sites excluding steroid dienone is 24. The zero-order valence-corrected chi connectivity index (χ0v) is 73.3. The van der Waals surface area contributed by atoms with E-state index in [4.69, 9.17) is 32.3 Å². The predicted octanol–water partition coefficient (Wildman–Crippen LogP) is 27.6. The van der Waals surface area contributed by atoms with Crippen LogP contribution in [0.15, 0.2) is 146 Å². The molecule has 0 heterocycles. The van der Waals surface area contributed by atoms with E-state index in [1.807, 2.05) is 0 Å². The second kappa shape index (κ2) is 86.8. The molecule has 4 N–H and O–H groups in total. The van der Waals surface area contributed by atoms with Crippen LogP contribution in [0, 0.1) is 0 Å². The van der Waals surface area contributed by atoms with Gasteiger partial charge in [-0.25, -0.2) is 9.13 Å². The van der Waals surface area contributed by atoms with Crippen molar-refractivity contribution in [3.63, 3.8) is 0 Å². The Hall–Kier alpha value is -4.57. The van der Waals surface area contributed by atoms with E-state index in [9.17, 15) is 43.5 Å². The van der Waals surface area contributed by atoms with Crippen molar-refractivity contribution in [1.29, 1.82) is 0 Å². The van der Waals surface area contributed by atoms with Gasteiger partial charge in [-0.3, -0.25) is 32.5 Å². The van der Waals surface area contributed by atoms with Gasteiger partial charge in [0.25, 0.3) is 0 Å². The van der Waals surface area contributed by atoms with Crippen LogP contribution in [0.25, 0.3) is 0 Å². The molecule has 0 radical (unpaired) electrons. The van der Waals surface area contributed by atoms with Gasteiger partial charge < -0.3 is 34.2 Å². The van der Waals surface area contributed by atoms with Crippen molar-refractivity contribution in [2.45, 2.75) is 399 Å². The van der Waals surface area contributed by atoms with Gasteiger partial charge in [0.2, 0.25) is 0 Å². The summed E-state index contributed by atoms with van der Waals surface area (Å²) < 4.78 is 61.4. The number of carbonyl (C=O) groups is 3. The van der Waals surface area contributed by atoms with Crippen molar-refractivity contribution < 1.29 is 75.8 Å². The zero-order valence-electron chi connectivity index (χ0n) is 71.5. The van der Waals surface area contributed by atoms with Crippen molar-refractivity contribution >= 4 is 33.6 Å². The van der Waals surface area contributed by atoms with Gasteiger partial charge in [-0.05, 0) is 148 Å². The van der Waals surface area contributed by atoms with E-state index in [2.05, 4.69) is 167 Å². The molecule has 0 amide bonds. The molecule has 650 valence electrons. The zero-order chi connectivity index (χ0) is 82.2. The second-order valence-electron chi connectivity index (χ2n) is 30.0. The largest absolute Gasteiger partial charge is 0.472 e. The Balaban J connectivity index is 4.53. The summed E-state index contributed by atoms with van der Waals surface area (Å²) in [5.41, 5.74) is 0. The highest BCUT2D eigenvalue weighted by Gasteiger charge is 2.29. The molecule has 0 aliphatic heterocycles. The third-order valence-corrected chi connectivity index (χ3v) is 20.9. The topological polar surface area (TPSA) is 231 Å². The lowest BCUT2D eigenvalue weighted by Crippen LogP contribution is -2.30. The first-order chi connectivity index (χ1) is 55.2. The number of rotatable bonds is 85. The van der Waals surface area contributed by atoms with Crippen LogP contribution in [0.3, 0.4) is 0 Å². The minimum Gasteiger partial charge on any atom is -0.463 e. The molecule has 113 heavy (non-hydrogen) atoms. The van der Waals surface area contributed by atoms with Crippen LogP contribution in [-0.2, 0) is 55.8 Å². The van der Waals surface area contributed by atoms with Gasteiger partial charge in [-0.2, -0.15) is 0 Å². The second-order valence-corrected chi connectivity index (χ2v) is 32.9. The summed E-state index contributed by atoms with van der Waals surface area (Å²) in [4.78, 5) is 58.9. The number of aliphatic hydroxyl groups is 2. The maximum atomic E-state index is 13.0. The van der Waals surface area contributed by atoms with E-state index < -0.39 is 91.5 Å². The highest BCUT2D eigenvalue weighted by molar-refractivity contribution is 7.47. The average molecular weight is 1620 g/mol. The molecule has 5 unspecified atom stereocenters. The number of phosphoric ester groups is 2. The Morgan fingerprint density at radius 3 is 0.743 bits per heavy atom. The highest BCUT2D eigenvalue weighted by Crippen LogP contribution is 2.45. The third-order valence-electron chi connectivity index (χ3n) is 19.0. The number of esters is 3. The molecule has 0 fully saturated rings. The summed E-state index contributed by atoms with van der Waals surface area (Å²) in [6.07, 6.45) is 109. The highest BCUT2D eigenvalue weighted by atomic mass is 31.2. The van der Waals surface area contributed by atoms with E-state index in [1.54, 1.807) is 0 Å². The van der Waals surface area contributed by atoms with Crippen molar-refractivity contribution in [3.8, 4) is 0 Å². The van der Waals surface area contributed by atoms with Crippen molar-refractivity contribution in [2.75, 3.05) is 39.6 Å². The fourth-order valence-corrected chi connectivity index (χ4v) is 13.8. The standard InChI is InChI=1S/C95H164O16P2/c1-4-7-10-13-16-19-22-25-28-31-33-35-37-39-41-43-44-46-48-49-51-53-55-58-60-63-66-69-72-75-78-81-93(98)105-84-90(96)85-107-112(101,102)108-86-91(97)87-109-113(103,104)110-89-92(111-95(100)83-80-77-74-71-68-65-62-57-30-27-24-21-18-15-12-9-6-3)88-106-94(99)82-79-76-73-70-67-64-61-59-56-54-52-50-47-45-42-40-38-36-34-32-29-26-23-20-17-14-11-8-5-2/h9,12,16-21,25-30,33-36,39-42,62,65,90-92,96-97H,4-8,10-11,13-15,22-24,31-32,37-38,43-61,63-64,66-89H2,1-3H3,(H,101,102)(H,103,104)/b12-9-,19-16-,20-17-,21-18-,28-25-,29-26-,30-27-,35-33-,36-34-,41-39-,42-40-,65-62-. The van der Waals surface area contributed by atoms with Crippen molar-refractivity contribution in [3.05, 3.63) is 146 Å². The van der Waals surface area contributed by atoms with Gasteiger partial charge in [-0.1, -0.05) is 359 Å². The fraction of sp³-hybridized carbons (Fsp3) is 0.716. The third kappa shape index (κ3) is 88.1. The number of phosphoric acid groups is 2. The van der Waals surface area contributed by atoms with Crippen LogP contribution in [0.1, 0.15) is 380 Å². The summed E-state index contributed by atoms with van der Waals surface area (Å²) >= 11 is 0. The Bertz CT molecular complexity index is 2630. The molecule has 18 heteroatoms. The molecular weight excluding hydrogens is 1460 g/mol. The lowest BCUT2D eigenvalue weighted by Gasteiger charge is -2.21. The molecule has 0 bridgehead atoms. The number of aliphatic hydroxyl groups excluding tert-OH is 2. The SMILES string of the molecule is CC/C=C\C/C=C\C/C=C\C/C=C\CCCCCCC(=O)OC(COC(=O)CCCCCCCCCCCCCCC/C=C\C/C=C\C/C=C\C/C=C\CCCCC)COP(=O)(O)OCC(O)COP(=O)(O)OCC(O)COC(=O)CCCCCCCCCCCCCCCCC/C=C\C/C=C\C/C=C\C/C=C\CCCCC. The molecule has 0 aromatic heterocycles. The molecule has 0 aliphatic carbocycles. The van der Waals surface area contributed by atoms with Crippen LogP contribution in [0.2, 0.25) is 0 Å². The molecule has 16 nitrogen and oxygen atoms in total. The normalized spacial score (nSPS) is 14.5. The van der Waals surface area contributed by atoms with Gasteiger partial charge in [0.15, 0.2) is 6.10 Å². The number of hydrogen-bond donors (Lipinski definition) is 4. The summed E-state index contributed by atoms with van der Waals surface area (Å²) in [7, 11) is -9.81. The van der Waals surface area contributed by atoms with Gasteiger partial charge in [-0.15, -0.1) is 0 Å². The van der Waals surface area contributed by atoms with E-state index >= 15 is 0 Å². The van der Waals surface area contributed by atoms with Gasteiger partial charge >= 0.3 is 33.6 Å². The molecule has 0 aliphatic rings. The van der Waals surface area contributed by atoms with E-state index in [0.29, 0.717) is 19.3 Å². The van der Waals surface area contributed by atoms with Crippen LogP contribution in [0.4, 0.5) is 0 Å². The van der Waals surface area contributed by atoms with Gasteiger partial charge in [0.05, 0.1) is 26.4 Å². The fourth-order valence-electron chi connectivity index (χ4n) is 12.2. The van der Waals surface area contributed by atoms with E-state index in [-0.39, 0.29) is 19.3 Å².